The number of carbonyl (C=O) groups excluding carboxylic acids is 1. The monoisotopic (exact) mass is 336 g/mol. The second-order valence-corrected chi connectivity index (χ2v) is 6.55. The highest BCUT2D eigenvalue weighted by atomic mass is 16.2. The predicted octanol–water partition coefficient (Wildman–Crippen LogP) is 1.79. The number of para-hydroxylation sites is 2. The highest BCUT2D eigenvalue weighted by molar-refractivity contribution is 5.98. The fraction of sp³-hybridized carbons (Fsp3) is 0.333. The van der Waals surface area contributed by atoms with Crippen LogP contribution in [0.4, 0.5) is 11.4 Å². The minimum Gasteiger partial charge on any atom is -0.373 e. The van der Waals surface area contributed by atoms with Gasteiger partial charge in [-0.1, -0.05) is 19.1 Å². The molecule has 3 heterocycles. The van der Waals surface area contributed by atoms with Crippen molar-refractivity contribution in [3.8, 4) is 0 Å². The molecule has 128 valence electrons. The molecule has 0 bridgehead atoms. The Hall–Kier alpha value is -2.96. The molecule has 1 amide bonds. The summed E-state index contributed by atoms with van der Waals surface area (Å²) in [7, 11) is 2.07. The Labute approximate surface area is 145 Å². The topological polar surface area (TPSA) is 66.6 Å². The Bertz CT molecular complexity index is 888. The molecule has 0 radical (unpaired) electrons. The molecule has 3 aromatic rings. The zero-order chi connectivity index (χ0) is 17.4. The van der Waals surface area contributed by atoms with Crippen molar-refractivity contribution in [3.05, 3.63) is 48.5 Å². The van der Waals surface area contributed by atoms with Crippen LogP contribution in [0.5, 0.6) is 0 Å². The van der Waals surface area contributed by atoms with Gasteiger partial charge in [0, 0.05) is 32.5 Å². The third kappa shape index (κ3) is 2.93. The van der Waals surface area contributed by atoms with Crippen molar-refractivity contribution >= 4 is 23.1 Å². The van der Waals surface area contributed by atoms with Crippen LogP contribution >= 0.6 is 0 Å². The van der Waals surface area contributed by atoms with Crippen LogP contribution in [-0.4, -0.2) is 45.6 Å². The summed E-state index contributed by atoms with van der Waals surface area (Å²) in [5, 5.41) is 4.35. The molecule has 7 nitrogen and oxygen atoms in total. The van der Waals surface area contributed by atoms with E-state index in [9.17, 15) is 4.79 Å². The second kappa shape index (κ2) is 6.16. The van der Waals surface area contributed by atoms with E-state index in [0.717, 1.165) is 17.9 Å². The maximum Gasteiger partial charge on any atom is 0.252 e. The number of amides is 1. The van der Waals surface area contributed by atoms with Gasteiger partial charge in [-0.2, -0.15) is 4.98 Å². The number of anilines is 2. The molecule has 1 aliphatic rings. The fourth-order valence-corrected chi connectivity index (χ4v) is 3.37. The van der Waals surface area contributed by atoms with Crippen molar-refractivity contribution in [2.45, 2.75) is 13.3 Å². The smallest absolute Gasteiger partial charge is 0.252 e. The summed E-state index contributed by atoms with van der Waals surface area (Å²) < 4.78 is 1.59. The third-order valence-corrected chi connectivity index (χ3v) is 4.43. The zero-order valence-corrected chi connectivity index (χ0v) is 14.3. The second-order valence-electron chi connectivity index (χ2n) is 6.55. The van der Waals surface area contributed by atoms with Crippen molar-refractivity contribution in [1.29, 1.82) is 0 Å². The number of benzene rings is 1. The predicted molar refractivity (Wildman–Crippen MR) is 95.7 cm³/mol. The van der Waals surface area contributed by atoms with Gasteiger partial charge in [0.15, 0.2) is 5.82 Å². The van der Waals surface area contributed by atoms with Crippen molar-refractivity contribution in [2.24, 2.45) is 5.92 Å². The quantitative estimate of drug-likeness (QED) is 0.714. The van der Waals surface area contributed by atoms with Crippen LogP contribution in [0.1, 0.15) is 12.7 Å². The van der Waals surface area contributed by atoms with Gasteiger partial charge in [0.05, 0.1) is 17.8 Å². The van der Waals surface area contributed by atoms with Crippen molar-refractivity contribution in [2.75, 3.05) is 29.9 Å². The summed E-state index contributed by atoms with van der Waals surface area (Å²) in [4.78, 5) is 25.6. The summed E-state index contributed by atoms with van der Waals surface area (Å²) in [6, 6.07) is 9.82. The molecule has 0 saturated carbocycles. The van der Waals surface area contributed by atoms with Crippen molar-refractivity contribution in [3.63, 3.8) is 0 Å². The van der Waals surface area contributed by atoms with Gasteiger partial charge >= 0.3 is 0 Å². The zero-order valence-electron chi connectivity index (χ0n) is 14.3. The number of aromatic nitrogens is 4. The Balaban J connectivity index is 1.65. The Kier molecular flexibility index (Phi) is 3.83. The molecule has 2 aromatic heterocycles. The molecule has 1 unspecified atom stereocenters. The van der Waals surface area contributed by atoms with E-state index in [-0.39, 0.29) is 12.3 Å². The first-order valence-corrected chi connectivity index (χ1v) is 8.38. The first-order valence-electron chi connectivity index (χ1n) is 8.38. The first kappa shape index (κ1) is 15.6. The summed E-state index contributed by atoms with van der Waals surface area (Å²) >= 11 is 0. The number of carbonyl (C=O) groups is 1. The molecular formula is C18H20N6O. The standard InChI is InChI=1S/C18H20N6O/c1-13-11-22(2)14-6-3-4-7-15(14)23(12-13)17(25)10-16-20-18-19-8-5-9-24(18)21-16/h3-9,13H,10-12H2,1-2H3. The molecule has 0 N–H and O–H groups in total. The van der Waals surface area contributed by atoms with Crippen LogP contribution < -0.4 is 9.80 Å². The summed E-state index contributed by atoms with van der Waals surface area (Å²) in [5.41, 5.74) is 2.02. The largest absolute Gasteiger partial charge is 0.373 e. The number of hydrogen-bond donors (Lipinski definition) is 0. The van der Waals surface area contributed by atoms with Crippen LogP contribution in [0.15, 0.2) is 42.7 Å². The minimum atomic E-state index is 0.00510. The molecule has 4 rings (SSSR count). The van der Waals surface area contributed by atoms with Gasteiger partial charge in [-0.3, -0.25) is 4.79 Å². The lowest BCUT2D eigenvalue weighted by Crippen LogP contribution is -2.36. The average Bonchev–Trinajstić information content (AvgIpc) is 2.96. The van der Waals surface area contributed by atoms with Crippen molar-refractivity contribution < 1.29 is 4.79 Å². The van der Waals surface area contributed by atoms with Gasteiger partial charge in [0.2, 0.25) is 5.91 Å². The van der Waals surface area contributed by atoms with Crippen LogP contribution in [0.25, 0.3) is 5.78 Å². The number of rotatable bonds is 2. The first-order chi connectivity index (χ1) is 12.1. The normalized spacial score (nSPS) is 17.4. The van der Waals surface area contributed by atoms with E-state index in [4.69, 9.17) is 0 Å². The van der Waals surface area contributed by atoms with E-state index in [1.165, 1.54) is 0 Å². The van der Waals surface area contributed by atoms with Crippen LogP contribution in [0, 0.1) is 5.92 Å². The van der Waals surface area contributed by atoms with Crippen LogP contribution in [0.3, 0.4) is 0 Å². The molecule has 25 heavy (non-hydrogen) atoms. The molecule has 1 aromatic carbocycles. The Morgan fingerprint density at radius 2 is 2.00 bits per heavy atom. The molecule has 0 fully saturated rings. The summed E-state index contributed by atoms with van der Waals surface area (Å²) in [6.07, 6.45) is 3.61. The fourth-order valence-electron chi connectivity index (χ4n) is 3.37. The van der Waals surface area contributed by atoms with E-state index in [2.05, 4.69) is 40.0 Å². The van der Waals surface area contributed by atoms with Gasteiger partial charge in [-0.15, -0.1) is 5.10 Å². The average molecular weight is 336 g/mol. The lowest BCUT2D eigenvalue weighted by Gasteiger charge is -2.24. The molecule has 0 saturated heterocycles. The molecule has 7 heteroatoms. The van der Waals surface area contributed by atoms with Crippen LogP contribution in [0.2, 0.25) is 0 Å². The van der Waals surface area contributed by atoms with Gasteiger partial charge in [-0.05, 0) is 24.1 Å². The Morgan fingerprint density at radius 3 is 2.80 bits per heavy atom. The van der Waals surface area contributed by atoms with E-state index in [1.807, 2.05) is 23.1 Å². The highest BCUT2D eigenvalue weighted by Gasteiger charge is 2.27. The Morgan fingerprint density at radius 1 is 1.20 bits per heavy atom. The molecule has 1 aliphatic heterocycles. The van der Waals surface area contributed by atoms with Crippen molar-refractivity contribution in [1.82, 2.24) is 19.6 Å². The molecule has 0 aliphatic carbocycles. The lowest BCUT2D eigenvalue weighted by molar-refractivity contribution is -0.118. The van der Waals surface area contributed by atoms with Gasteiger partial charge in [0.1, 0.15) is 0 Å². The molecule has 0 spiro atoms. The van der Waals surface area contributed by atoms with Gasteiger partial charge < -0.3 is 9.80 Å². The van der Waals surface area contributed by atoms with Gasteiger partial charge in [-0.25, -0.2) is 9.50 Å². The van der Waals surface area contributed by atoms with E-state index < -0.39 is 0 Å². The molecular weight excluding hydrogens is 316 g/mol. The molecule has 1 atom stereocenters. The maximum absolute atomic E-state index is 13.0. The number of fused-ring (bicyclic) bond motifs is 2. The van der Waals surface area contributed by atoms with E-state index >= 15 is 0 Å². The number of nitrogens with zero attached hydrogens (tertiary/aromatic N) is 6. The maximum atomic E-state index is 13.0. The number of hydrogen-bond acceptors (Lipinski definition) is 5. The SMILES string of the molecule is CC1CN(C)c2ccccc2N(C(=O)Cc2nc3ncccn3n2)C1. The third-order valence-electron chi connectivity index (χ3n) is 4.43. The lowest BCUT2D eigenvalue weighted by atomic mass is 10.1. The van der Waals surface area contributed by atoms with E-state index in [0.29, 0.717) is 24.1 Å². The van der Waals surface area contributed by atoms with Gasteiger partial charge in [0.25, 0.3) is 5.78 Å². The minimum absolute atomic E-state index is 0.00510. The van der Waals surface area contributed by atoms with E-state index in [1.54, 1.807) is 23.0 Å². The summed E-state index contributed by atoms with van der Waals surface area (Å²) in [5.74, 6) is 1.38. The summed E-state index contributed by atoms with van der Waals surface area (Å²) in [6.45, 7) is 3.76. The van der Waals surface area contributed by atoms with Crippen LogP contribution in [-0.2, 0) is 11.2 Å². The highest BCUT2D eigenvalue weighted by Crippen LogP contribution is 2.32.